The lowest BCUT2D eigenvalue weighted by Gasteiger charge is -2.29. The second-order valence-corrected chi connectivity index (χ2v) is 9.64. The molecule has 0 bridgehead atoms. The van der Waals surface area contributed by atoms with E-state index >= 15 is 0 Å². The van der Waals surface area contributed by atoms with E-state index in [1.54, 1.807) is 12.1 Å². The van der Waals surface area contributed by atoms with Crippen LogP contribution in [0.15, 0.2) is 53.2 Å². The maximum Gasteiger partial charge on any atom is 0.328 e. The monoisotopic (exact) mass is 478 g/mol. The third kappa shape index (κ3) is 7.11. The molecule has 35 heavy (non-hydrogen) atoms. The first kappa shape index (κ1) is 24.4. The molecule has 0 spiro atoms. The van der Waals surface area contributed by atoms with Gasteiger partial charge >= 0.3 is 12.0 Å². The SMILES string of the molecule is CC(C)(C)OC(=O)C1CCC(Oc2ccc(C(=O)Nc3nc(Cc4ccccc4)no3)cn2)CC1. The molecular formula is C26H30N4O5. The average Bonchev–Trinajstić information content (AvgIpc) is 3.26. The summed E-state index contributed by atoms with van der Waals surface area (Å²) in [7, 11) is 0. The molecule has 0 unspecified atom stereocenters. The van der Waals surface area contributed by atoms with Gasteiger partial charge in [0, 0.05) is 18.7 Å². The highest BCUT2D eigenvalue weighted by atomic mass is 16.6. The van der Waals surface area contributed by atoms with Crippen molar-refractivity contribution in [3.63, 3.8) is 0 Å². The number of hydrogen-bond acceptors (Lipinski definition) is 8. The Hall–Kier alpha value is -3.75. The number of aromatic nitrogens is 3. The van der Waals surface area contributed by atoms with Crippen molar-refractivity contribution in [3.05, 3.63) is 65.6 Å². The van der Waals surface area contributed by atoms with Crippen LogP contribution in [-0.4, -0.2) is 38.7 Å². The second-order valence-electron chi connectivity index (χ2n) is 9.64. The molecule has 3 aromatic rings. The number of rotatable bonds is 7. The smallest absolute Gasteiger partial charge is 0.328 e. The Balaban J connectivity index is 1.25. The first-order chi connectivity index (χ1) is 16.7. The summed E-state index contributed by atoms with van der Waals surface area (Å²) in [6, 6.07) is 13.1. The fourth-order valence-corrected chi connectivity index (χ4v) is 3.88. The van der Waals surface area contributed by atoms with Gasteiger partial charge in [0.25, 0.3) is 5.91 Å². The normalized spacial score (nSPS) is 18.0. The molecule has 0 radical (unpaired) electrons. The third-order valence-corrected chi connectivity index (χ3v) is 5.59. The van der Waals surface area contributed by atoms with Crippen LogP contribution in [0.25, 0.3) is 0 Å². The number of pyridine rings is 1. The minimum Gasteiger partial charge on any atom is -0.474 e. The van der Waals surface area contributed by atoms with Crippen LogP contribution in [0.2, 0.25) is 0 Å². The number of anilines is 1. The molecule has 184 valence electrons. The van der Waals surface area contributed by atoms with E-state index in [-0.39, 0.29) is 24.0 Å². The van der Waals surface area contributed by atoms with Gasteiger partial charge in [0.1, 0.15) is 11.7 Å². The number of carbonyl (C=O) groups is 2. The molecule has 9 heteroatoms. The van der Waals surface area contributed by atoms with Gasteiger partial charge in [-0.3, -0.25) is 14.9 Å². The lowest BCUT2D eigenvalue weighted by atomic mass is 9.87. The van der Waals surface area contributed by atoms with E-state index in [4.69, 9.17) is 14.0 Å². The van der Waals surface area contributed by atoms with Gasteiger partial charge in [-0.1, -0.05) is 35.5 Å². The topological polar surface area (TPSA) is 116 Å². The summed E-state index contributed by atoms with van der Waals surface area (Å²) in [6.07, 6.45) is 4.85. The minimum atomic E-state index is -0.476. The van der Waals surface area contributed by atoms with Crippen molar-refractivity contribution in [1.29, 1.82) is 0 Å². The number of hydrogen-bond donors (Lipinski definition) is 1. The highest BCUT2D eigenvalue weighted by Gasteiger charge is 2.30. The van der Waals surface area contributed by atoms with Crippen LogP contribution < -0.4 is 10.1 Å². The molecule has 2 aromatic heterocycles. The second kappa shape index (κ2) is 10.7. The number of amides is 1. The van der Waals surface area contributed by atoms with E-state index in [1.807, 2.05) is 51.1 Å². The van der Waals surface area contributed by atoms with Crippen molar-refractivity contribution in [2.45, 2.75) is 64.6 Å². The molecule has 1 aliphatic rings. The third-order valence-electron chi connectivity index (χ3n) is 5.59. The summed E-state index contributed by atoms with van der Waals surface area (Å²) in [5.74, 6) is 0.278. The molecular weight excluding hydrogens is 448 g/mol. The molecule has 2 heterocycles. The lowest BCUT2D eigenvalue weighted by molar-refractivity contribution is -0.161. The van der Waals surface area contributed by atoms with Crippen LogP contribution >= 0.6 is 0 Å². The molecule has 1 saturated carbocycles. The first-order valence-corrected chi connectivity index (χ1v) is 11.8. The Kier molecular flexibility index (Phi) is 7.43. The molecule has 1 aliphatic carbocycles. The maximum absolute atomic E-state index is 12.5. The van der Waals surface area contributed by atoms with Gasteiger partial charge in [-0.05, 0) is 58.1 Å². The van der Waals surface area contributed by atoms with E-state index in [9.17, 15) is 9.59 Å². The van der Waals surface area contributed by atoms with Gasteiger partial charge < -0.3 is 14.0 Å². The maximum atomic E-state index is 12.5. The quantitative estimate of drug-likeness (QED) is 0.490. The zero-order chi connectivity index (χ0) is 24.8. The zero-order valence-electron chi connectivity index (χ0n) is 20.2. The van der Waals surface area contributed by atoms with Crippen molar-refractivity contribution in [2.24, 2.45) is 5.92 Å². The van der Waals surface area contributed by atoms with E-state index < -0.39 is 11.5 Å². The van der Waals surface area contributed by atoms with E-state index in [0.717, 1.165) is 31.2 Å². The predicted molar refractivity (Wildman–Crippen MR) is 128 cm³/mol. The van der Waals surface area contributed by atoms with Crippen LogP contribution in [0, 0.1) is 5.92 Å². The number of nitrogens with one attached hydrogen (secondary N) is 1. The van der Waals surface area contributed by atoms with Crippen molar-refractivity contribution in [1.82, 2.24) is 15.1 Å². The van der Waals surface area contributed by atoms with Crippen LogP contribution in [0.4, 0.5) is 6.01 Å². The average molecular weight is 479 g/mol. The van der Waals surface area contributed by atoms with Crippen molar-refractivity contribution < 1.29 is 23.6 Å². The molecule has 0 aliphatic heterocycles. The molecule has 1 fully saturated rings. The summed E-state index contributed by atoms with van der Waals surface area (Å²) in [5, 5.41) is 6.50. The Morgan fingerprint density at radius 3 is 2.46 bits per heavy atom. The number of carbonyl (C=O) groups excluding carboxylic acids is 2. The fraction of sp³-hybridized carbons (Fsp3) is 0.423. The standard InChI is InChI=1S/C26H30N4O5/c1-26(2,3)34-24(32)18-9-12-20(13-10-18)33-22-14-11-19(16-27-22)23(31)29-25-28-21(30-35-25)15-17-7-5-4-6-8-17/h4-8,11,14,16,18,20H,9-10,12-13,15H2,1-3H3,(H,28,29,30,31). The Labute approximate surface area is 204 Å². The number of ether oxygens (including phenoxy) is 2. The zero-order valence-corrected chi connectivity index (χ0v) is 20.2. The summed E-state index contributed by atoms with van der Waals surface area (Å²) in [6.45, 7) is 5.63. The summed E-state index contributed by atoms with van der Waals surface area (Å²) < 4.78 is 16.6. The lowest BCUT2D eigenvalue weighted by Crippen LogP contribution is -2.33. The number of nitrogens with zero attached hydrogens (tertiary/aromatic N) is 3. The van der Waals surface area contributed by atoms with Gasteiger partial charge in [-0.25, -0.2) is 4.98 Å². The van der Waals surface area contributed by atoms with Crippen LogP contribution in [-0.2, 0) is 16.0 Å². The molecule has 4 rings (SSSR count). The molecule has 1 N–H and O–H groups in total. The summed E-state index contributed by atoms with van der Waals surface area (Å²) >= 11 is 0. The molecule has 0 atom stereocenters. The summed E-state index contributed by atoms with van der Waals surface area (Å²) in [5.41, 5.74) is 0.911. The Bertz CT molecular complexity index is 1130. The van der Waals surface area contributed by atoms with Gasteiger partial charge in [-0.15, -0.1) is 0 Å². The molecule has 1 aromatic carbocycles. The van der Waals surface area contributed by atoms with Crippen molar-refractivity contribution >= 4 is 17.9 Å². The van der Waals surface area contributed by atoms with Crippen molar-refractivity contribution in [2.75, 3.05) is 5.32 Å². The van der Waals surface area contributed by atoms with E-state index in [0.29, 0.717) is 23.7 Å². The summed E-state index contributed by atoms with van der Waals surface area (Å²) in [4.78, 5) is 33.3. The van der Waals surface area contributed by atoms with Gasteiger partial charge in [-0.2, -0.15) is 4.98 Å². The highest BCUT2D eigenvalue weighted by Crippen LogP contribution is 2.29. The molecule has 1 amide bonds. The Morgan fingerprint density at radius 2 is 1.80 bits per heavy atom. The number of benzene rings is 1. The first-order valence-electron chi connectivity index (χ1n) is 11.8. The largest absolute Gasteiger partial charge is 0.474 e. The highest BCUT2D eigenvalue weighted by molar-refractivity contribution is 6.02. The predicted octanol–water partition coefficient (Wildman–Crippen LogP) is 4.59. The van der Waals surface area contributed by atoms with Gasteiger partial charge in [0.05, 0.1) is 11.5 Å². The van der Waals surface area contributed by atoms with Crippen LogP contribution in [0.3, 0.4) is 0 Å². The minimum absolute atomic E-state index is 0.0257. The van der Waals surface area contributed by atoms with Gasteiger partial charge in [0.15, 0.2) is 5.82 Å². The molecule has 9 nitrogen and oxygen atoms in total. The van der Waals surface area contributed by atoms with E-state index in [1.165, 1.54) is 6.20 Å². The van der Waals surface area contributed by atoms with Crippen LogP contribution in [0.1, 0.15) is 68.2 Å². The van der Waals surface area contributed by atoms with Crippen LogP contribution in [0.5, 0.6) is 5.88 Å². The Morgan fingerprint density at radius 1 is 1.06 bits per heavy atom. The van der Waals surface area contributed by atoms with E-state index in [2.05, 4.69) is 20.4 Å². The number of esters is 1. The molecule has 0 saturated heterocycles. The van der Waals surface area contributed by atoms with Crippen molar-refractivity contribution in [3.8, 4) is 5.88 Å². The fourth-order valence-electron chi connectivity index (χ4n) is 3.88. The van der Waals surface area contributed by atoms with Gasteiger partial charge in [0.2, 0.25) is 5.88 Å².